The molecule has 1 aromatic rings. The summed E-state index contributed by atoms with van der Waals surface area (Å²) in [4.78, 5) is 35.1. The largest absolute Gasteiger partial charge is 0.339 e. The predicted octanol–water partition coefficient (Wildman–Crippen LogP) is 0.728. The molecule has 1 saturated heterocycles. The van der Waals surface area contributed by atoms with E-state index in [4.69, 9.17) is 4.74 Å². The summed E-state index contributed by atoms with van der Waals surface area (Å²) < 4.78 is 5.23. The van der Waals surface area contributed by atoms with Crippen LogP contribution in [-0.2, 0) is 19.1 Å². The van der Waals surface area contributed by atoms with E-state index >= 15 is 0 Å². The van der Waals surface area contributed by atoms with Crippen molar-refractivity contribution in [3.8, 4) is 0 Å². The van der Waals surface area contributed by atoms with E-state index in [1.165, 1.54) is 18.9 Å². The monoisotopic (exact) mass is 262 g/mol. The van der Waals surface area contributed by atoms with Crippen molar-refractivity contribution in [3.05, 3.63) is 30.3 Å². The van der Waals surface area contributed by atoms with Crippen LogP contribution in [0.15, 0.2) is 30.3 Å². The summed E-state index contributed by atoms with van der Waals surface area (Å²) in [7, 11) is 0. The number of nitrogens with zero attached hydrogens (tertiary/aromatic N) is 2. The quantitative estimate of drug-likeness (QED) is 0.786. The Morgan fingerprint density at radius 3 is 2.37 bits per heavy atom. The zero-order chi connectivity index (χ0) is 14.0. The molecule has 6 nitrogen and oxygen atoms in total. The van der Waals surface area contributed by atoms with Gasteiger partial charge < -0.3 is 4.74 Å². The molecular weight excluding hydrogens is 248 g/mol. The van der Waals surface area contributed by atoms with Crippen molar-refractivity contribution in [1.29, 1.82) is 0 Å². The molecule has 1 fully saturated rings. The molecule has 2 amide bonds. The highest BCUT2D eigenvalue weighted by molar-refractivity contribution is 5.99. The first-order chi connectivity index (χ1) is 9.02. The van der Waals surface area contributed by atoms with E-state index < -0.39 is 18.0 Å². The maximum Gasteiger partial charge on any atom is 0.274 e. The van der Waals surface area contributed by atoms with Gasteiger partial charge in [0.1, 0.15) is 6.61 Å². The minimum Gasteiger partial charge on any atom is -0.339 e. The molecule has 100 valence electrons. The van der Waals surface area contributed by atoms with Gasteiger partial charge in [0.05, 0.1) is 5.69 Å². The smallest absolute Gasteiger partial charge is 0.274 e. The Kier molecular flexibility index (Phi) is 3.62. The Morgan fingerprint density at radius 1 is 1.21 bits per heavy atom. The zero-order valence-electron chi connectivity index (χ0n) is 10.7. The van der Waals surface area contributed by atoms with Gasteiger partial charge in [-0.1, -0.05) is 18.2 Å². The highest BCUT2D eigenvalue weighted by Gasteiger charge is 2.39. The van der Waals surface area contributed by atoms with Crippen LogP contribution in [0.25, 0.3) is 0 Å². The van der Waals surface area contributed by atoms with Gasteiger partial charge >= 0.3 is 0 Å². The molecule has 0 bridgehead atoms. The Labute approximate surface area is 110 Å². The number of carbonyl (C=O) groups excluding carboxylic acids is 3. The molecule has 1 unspecified atom stereocenters. The highest BCUT2D eigenvalue weighted by atomic mass is 16.5. The molecule has 1 aliphatic heterocycles. The third-order valence-electron chi connectivity index (χ3n) is 2.71. The second kappa shape index (κ2) is 5.19. The van der Waals surface area contributed by atoms with E-state index in [0.717, 1.165) is 5.01 Å². The first-order valence-corrected chi connectivity index (χ1v) is 5.82. The number of amides is 2. The van der Waals surface area contributed by atoms with Gasteiger partial charge in [0, 0.05) is 6.92 Å². The first-order valence-electron chi connectivity index (χ1n) is 5.82. The number of rotatable bonds is 2. The van der Waals surface area contributed by atoms with Crippen LogP contribution in [-0.4, -0.2) is 35.4 Å². The van der Waals surface area contributed by atoms with Gasteiger partial charge in [0.25, 0.3) is 5.91 Å². The Balaban J connectivity index is 2.47. The number of hydrogen-bond donors (Lipinski definition) is 0. The van der Waals surface area contributed by atoms with Gasteiger partial charge in [-0.15, -0.1) is 0 Å². The van der Waals surface area contributed by atoms with Crippen molar-refractivity contribution in [3.63, 3.8) is 0 Å². The van der Waals surface area contributed by atoms with Crippen molar-refractivity contribution >= 4 is 23.3 Å². The maximum atomic E-state index is 11.8. The van der Waals surface area contributed by atoms with E-state index in [1.54, 1.807) is 30.3 Å². The zero-order valence-corrected chi connectivity index (χ0v) is 10.7. The molecule has 0 spiro atoms. The van der Waals surface area contributed by atoms with Crippen LogP contribution in [0.2, 0.25) is 0 Å². The molecule has 0 saturated carbocycles. The summed E-state index contributed by atoms with van der Waals surface area (Å²) in [6.07, 6.45) is -0.969. The van der Waals surface area contributed by atoms with Crippen molar-refractivity contribution in [2.45, 2.75) is 20.1 Å². The summed E-state index contributed by atoms with van der Waals surface area (Å²) in [6, 6.07) is 8.71. The molecule has 6 heteroatoms. The van der Waals surface area contributed by atoms with Crippen molar-refractivity contribution in [1.82, 2.24) is 5.01 Å². The summed E-state index contributed by atoms with van der Waals surface area (Å²) in [5, 5.41) is 2.24. The molecule has 0 N–H and O–H groups in total. The number of para-hydroxylation sites is 1. The molecule has 1 aliphatic rings. The Hall–Kier alpha value is -2.21. The van der Waals surface area contributed by atoms with Crippen LogP contribution in [0.4, 0.5) is 5.69 Å². The Bertz CT molecular complexity index is 515. The van der Waals surface area contributed by atoms with E-state index in [1.807, 2.05) is 0 Å². The van der Waals surface area contributed by atoms with Gasteiger partial charge in [-0.3, -0.25) is 14.4 Å². The van der Waals surface area contributed by atoms with Crippen LogP contribution in [0.1, 0.15) is 13.8 Å². The predicted molar refractivity (Wildman–Crippen MR) is 66.9 cm³/mol. The SMILES string of the molecule is CC(=O)C1OCC(=O)N(C(C)=O)N1c1ccccc1. The summed E-state index contributed by atoms with van der Waals surface area (Å²) in [5.41, 5.74) is 0.547. The summed E-state index contributed by atoms with van der Waals surface area (Å²) in [6.45, 7) is 2.35. The molecule has 0 radical (unpaired) electrons. The lowest BCUT2D eigenvalue weighted by atomic mass is 10.2. The lowest BCUT2D eigenvalue weighted by Gasteiger charge is -2.41. The molecule has 1 aromatic carbocycles. The lowest BCUT2D eigenvalue weighted by Crippen LogP contribution is -2.62. The highest BCUT2D eigenvalue weighted by Crippen LogP contribution is 2.24. The van der Waals surface area contributed by atoms with Crippen molar-refractivity contribution in [2.75, 3.05) is 11.6 Å². The number of benzene rings is 1. The first kappa shape index (κ1) is 13.2. The second-order valence-corrected chi connectivity index (χ2v) is 4.18. The van der Waals surface area contributed by atoms with Crippen LogP contribution >= 0.6 is 0 Å². The van der Waals surface area contributed by atoms with E-state index in [9.17, 15) is 14.4 Å². The molecule has 2 rings (SSSR count). The lowest BCUT2D eigenvalue weighted by molar-refractivity contribution is -0.163. The molecule has 19 heavy (non-hydrogen) atoms. The van der Waals surface area contributed by atoms with Crippen LogP contribution in [0.3, 0.4) is 0 Å². The van der Waals surface area contributed by atoms with Crippen molar-refractivity contribution in [2.24, 2.45) is 0 Å². The number of hydrazine groups is 1. The fourth-order valence-electron chi connectivity index (χ4n) is 1.96. The van der Waals surface area contributed by atoms with Crippen molar-refractivity contribution < 1.29 is 19.1 Å². The fraction of sp³-hybridized carbons (Fsp3) is 0.308. The number of hydrogen-bond acceptors (Lipinski definition) is 5. The molecule has 0 aliphatic carbocycles. The average molecular weight is 262 g/mol. The second-order valence-electron chi connectivity index (χ2n) is 4.18. The van der Waals surface area contributed by atoms with E-state index in [-0.39, 0.29) is 12.4 Å². The third-order valence-corrected chi connectivity index (χ3v) is 2.71. The van der Waals surface area contributed by atoms with Gasteiger partial charge in [-0.25, -0.2) is 5.01 Å². The van der Waals surface area contributed by atoms with Gasteiger partial charge in [-0.05, 0) is 19.1 Å². The molecule has 0 aromatic heterocycles. The average Bonchev–Trinajstić information content (AvgIpc) is 2.38. The van der Waals surface area contributed by atoms with Gasteiger partial charge in [0.2, 0.25) is 12.1 Å². The van der Waals surface area contributed by atoms with Crippen LogP contribution < -0.4 is 5.01 Å². The minimum absolute atomic E-state index is 0.275. The number of Topliss-reactive ketones (excluding diaryl/α,β-unsaturated/α-hetero) is 1. The number of ether oxygens (including phenoxy) is 1. The molecule has 1 atom stereocenters. The minimum atomic E-state index is -0.969. The number of ketones is 1. The number of anilines is 1. The maximum absolute atomic E-state index is 11.8. The van der Waals surface area contributed by atoms with Crippen LogP contribution in [0, 0.1) is 0 Å². The Morgan fingerprint density at radius 2 is 1.84 bits per heavy atom. The van der Waals surface area contributed by atoms with Gasteiger partial charge in [0.15, 0.2) is 5.78 Å². The topological polar surface area (TPSA) is 66.9 Å². The third kappa shape index (κ3) is 2.48. The standard InChI is InChI=1S/C13H14N2O4/c1-9(16)13-15(11-6-4-3-5-7-11)14(10(2)17)12(18)8-19-13/h3-7,13H,8H2,1-2H3. The fourth-order valence-corrected chi connectivity index (χ4v) is 1.96. The normalized spacial score (nSPS) is 19.5. The summed E-state index contributed by atoms with van der Waals surface area (Å²) >= 11 is 0. The number of imide groups is 1. The van der Waals surface area contributed by atoms with Gasteiger partial charge in [-0.2, -0.15) is 5.01 Å². The molecule has 1 heterocycles. The molecular formula is C13H14N2O4. The van der Waals surface area contributed by atoms with E-state index in [2.05, 4.69) is 0 Å². The van der Waals surface area contributed by atoms with Crippen LogP contribution in [0.5, 0.6) is 0 Å². The number of carbonyl (C=O) groups is 3. The summed E-state index contributed by atoms with van der Waals surface area (Å²) in [5.74, 6) is -1.22. The van der Waals surface area contributed by atoms with E-state index in [0.29, 0.717) is 5.69 Å².